The van der Waals surface area contributed by atoms with Crippen LogP contribution in [0.2, 0.25) is 0 Å². The topological polar surface area (TPSA) is 3.24 Å². The van der Waals surface area contributed by atoms with Gasteiger partial charge in [0.15, 0.2) is 0 Å². The predicted octanol–water partition coefficient (Wildman–Crippen LogP) is 14.2. The Morgan fingerprint density at radius 1 is 0.396 bits per heavy atom. The predicted molar refractivity (Wildman–Crippen MR) is 225 cm³/mol. The summed E-state index contributed by atoms with van der Waals surface area (Å²) in [5, 5.41) is 7.64. The Kier molecular flexibility index (Phi) is 5.92. The van der Waals surface area contributed by atoms with Gasteiger partial charge in [0.2, 0.25) is 0 Å². The molecular weight excluding hydrogens is 659 g/mol. The lowest BCUT2D eigenvalue weighted by Gasteiger charge is -2.36. The summed E-state index contributed by atoms with van der Waals surface area (Å²) in [4.78, 5) is 2.59. The first-order valence-electron chi connectivity index (χ1n) is 18.4. The third kappa shape index (κ3) is 3.81. The normalized spacial score (nSPS) is 13.4. The molecule has 0 bridgehead atoms. The lowest BCUT2D eigenvalue weighted by Crippen LogP contribution is -2.28. The van der Waals surface area contributed by atoms with Gasteiger partial charge in [0.05, 0.1) is 21.5 Å². The fourth-order valence-electron chi connectivity index (χ4n) is 9.77. The highest BCUT2D eigenvalue weighted by atomic mass is 32.1. The summed E-state index contributed by atoms with van der Waals surface area (Å²) in [7, 11) is 0. The van der Waals surface area contributed by atoms with Crippen molar-refractivity contribution in [1.29, 1.82) is 0 Å². The molecule has 1 aromatic heterocycles. The summed E-state index contributed by atoms with van der Waals surface area (Å²) in [6.45, 7) is 0. The summed E-state index contributed by atoms with van der Waals surface area (Å²) in [6.07, 6.45) is 0. The van der Waals surface area contributed by atoms with E-state index in [1.165, 1.54) is 97.6 Å². The van der Waals surface area contributed by atoms with Gasteiger partial charge in [-0.15, -0.1) is 11.3 Å². The molecule has 246 valence electrons. The smallest absolute Gasteiger partial charge is 0.0746 e. The quantitative estimate of drug-likeness (QED) is 0.178. The Labute approximate surface area is 311 Å². The Hall–Kier alpha value is -6.48. The van der Waals surface area contributed by atoms with E-state index in [0.717, 1.165) is 5.69 Å². The van der Waals surface area contributed by atoms with Crippen LogP contribution >= 0.6 is 11.3 Å². The Bertz CT molecular complexity index is 3080. The Balaban J connectivity index is 1.27. The average molecular weight is 690 g/mol. The molecule has 2 aliphatic rings. The number of rotatable bonds is 3. The number of hydrogen-bond acceptors (Lipinski definition) is 2. The van der Waals surface area contributed by atoms with Crippen molar-refractivity contribution in [2.24, 2.45) is 0 Å². The van der Waals surface area contributed by atoms with E-state index >= 15 is 0 Å². The number of thiophene rings is 1. The number of fused-ring (bicyclic) bond motifs is 16. The number of hydrogen-bond donors (Lipinski definition) is 0. The van der Waals surface area contributed by atoms with Crippen molar-refractivity contribution in [3.8, 4) is 22.3 Å². The van der Waals surface area contributed by atoms with E-state index in [-0.39, 0.29) is 0 Å². The van der Waals surface area contributed by atoms with E-state index in [9.17, 15) is 0 Å². The van der Waals surface area contributed by atoms with E-state index in [1.807, 2.05) is 11.3 Å². The largest absolute Gasteiger partial charge is 0.309 e. The van der Waals surface area contributed by atoms with Crippen molar-refractivity contribution in [2.75, 3.05) is 4.90 Å². The van der Waals surface area contributed by atoms with Crippen LogP contribution in [0.1, 0.15) is 22.3 Å². The third-order valence-corrected chi connectivity index (χ3v) is 13.0. The van der Waals surface area contributed by atoms with Crippen LogP contribution in [0.4, 0.5) is 17.1 Å². The monoisotopic (exact) mass is 689 g/mol. The molecule has 12 rings (SSSR count). The second kappa shape index (κ2) is 10.8. The van der Waals surface area contributed by atoms with Gasteiger partial charge >= 0.3 is 0 Å². The maximum Gasteiger partial charge on any atom is 0.0746 e. The zero-order chi connectivity index (χ0) is 34.7. The molecule has 1 spiro atoms. The van der Waals surface area contributed by atoms with Crippen molar-refractivity contribution < 1.29 is 0 Å². The van der Waals surface area contributed by atoms with Crippen LogP contribution in [-0.4, -0.2) is 0 Å². The molecule has 0 atom stereocenters. The second-order valence-electron chi connectivity index (χ2n) is 14.4. The average Bonchev–Trinajstić information content (AvgIpc) is 3.86. The molecule has 0 amide bonds. The van der Waals surface area contributed by atoms with Crippen molar-refractivity contribution in [3.63, 3.8) is 0 Å². The first-order chi connectivity index (χ1) is 26.3. The van der Waals surface area contributed by atoms with Crippen LogP contribution in [0.25, 0.3) is 64.0 Å². The van der Waals surface area contributed by atoms with Gasteiger partial charge in [-0.25, -0.2) is 0 Å². The Morgan fingerprint density at radius 3 is 1.70 bits per heavy atom. The molecule has 2 heteroatoms. The van der Waals surface area contributed by atoms with Crippen LogP contribution in [-0.2, 0) is 5.41 Å². The van der Waals surface area contributed by atoms with Crippen molar-refractivity contribution >= 4 is 70.1 Å². The van der Waals surface area contributed by atoms with E-state index in [4.69, 9.17) is 0 Å². The molecule has 9 aromatic carbocycles. The Morgan fingerprint density at radius 2 is 0.962 bits per heavy atom. The molecule has 1 nitrogen and oxygen atoms in total. The minimum Gasteiger partial charge on any atom is -0.309 e. The minimum absolute atomic E-state index is 0.485. The zero-order valence-corrected chi connectivity index (χ0v) is 29.6. The van der Waals surface area contributed by atoms with E-state index in [1.54, 1.807) is 0 Å². The lowest BCUT2D eigenvalue weighted by molar-refractivity contribution is 0.793. The summed E-state index contributed by atoms with van der Waals surface area (Å²) >= 11 is 1.90. The molecule has 0 fully saturated rings. The number of anilines is 3. The molecule has 0 aliphatic heterocycles. The third-order valence-electron chi connectivity index (χ3n) is 11.8. The molecule has 53 heavy (non-hydrogen) atoms. The van der Waals surface area contributed by atoms with Gasteiger partial charge in [-0.1, -0.05) is 158 Å². The fourth-order valence-corrected chi connectivity index (χ4v) is 11.0. The molecule has 0 N–H and O–H groups in total. The van der Waals surface area contributed by atoms with Gasteiger partial charge < -0.3 is 4.90 Å². The first-order valence-corrected chi connectivity index (χ1v) is 19.2. The summed E-state index contributed by atoms with van der Waals surface area (Å²) < 4.78 is 2.60. The molecular formula is C51H31NS. The van der Waals surface area contributed by atoms with E-state index in [2.05, 4.69) is 193 Å². The standard InChI is InChI=1S/C51H31NS/c1-2-15-33-30-35(29-28-32(33)14-1)52(46-31-34-16-3-4-17-36(34)48-41-21-8-12-27-47(41)53-50(46)48)45-26-13-22-40-39-20-7-11-25-44(39)51(49(40)45)42-23-9-5-18-37(42)38-19-6-10-24-43(38)51/h1-31H. The van der Waals surface area contributed by atoms with Crippen molar-refractivity contribution in [1.82, 2.24) is 0 Å². The van der Waals surface area contributed by atoms with Crippen LogP contribution in [0.3, 0.4) is 0 Å². The number of nitrogens with zero attached hydrogens (tertiary/aromatic N) is 1. The summed E-state index contributed by atoms with van der Waals surface area (Å²) in [5.74, 6) is 0. The molecule has 2 aliphatic carbocycles. The number of benzene rings is 9. The molecule has 0 saturated carbocycles. The van der Waals surface area contributed by atoms with Crippen LogP contribution < -0.4 is 4.90 Å². The van der Waals surface area contributed by atoms with Crippen molar-refractivity contribution in [2.45, 2.75) is 5.41 Å². The van der Waals surface area contributed by atoms with Gasteiger partial charge in [0.25, 0.3) is 0 Å². The van der Waals surface area contributed by atoms with Crippen molar-refractivity contribution in [3.05, 3.63) is 210 Å². The second-order valence-corrected chi connectivity index (χ2v) is 15.4. The zero-order valence-electron chi connectivity index (χ0n) is 28.8. The SMILES string of the molecule is c1ccc2c(c1)-c1ccccc1C21c2ccccc2-c2cccc(N(c3ccc4ccccc4c3)c3cc4ccccc4c4c3sc3ccccc34)c21. The first kappa shape index (κ1) is 29.1. The van der Waals surface area contributed by atoms with Gasteiger partial charge in [0.1, 0.15) is 0 Å². The highest BCUT2D eigenvalue weighted by Crippen LogP contribution is 2.65. The van der Waals surface area contributed by atoms with E-state index in [0.29, 0.717) is 0 Å². The highest BCUT2D eigenvalue weighted by molar-refractivity contribution is 7.26. The van der Waals surface area contributed by atoms with Gasteiger partial charge in [-0.3, -0.25) is 0 Å². The molecule has 0 unspecified atom stereocenters. The molecule has 1 heterocycles. The van der Waals surface area contributed by atoms with E-state index < -0.39 is 5.41 Å². The molecule has 0 radical (unpaired) electrons. The molecule has 10 aromatic rings. The van der Waals surface area contributed by atoms with Gasteiger partial charge in [0, 0.05) is 26.7 Å². The summed E-state index contributed by atoms with van der Waals surface area (Å²) in [5.41, 5.74) is 13.7. The van der Waals surface area contributed by atoms with Crippen LogP contribution in [0.5, 0.6) is 0 Å². The highest BCUT2D eigenvalue weighted by Gasteiger charge is 2.53. The van der Waals surface area contributed by atoms with Gasteiger partial charge in [-0.05, 0) is 90.8 Å². The minimum atomic E-state index is -0.485. The van der Waals surface area contributed by atoms with Gasteiger partial charge in [-0.2, -0.15) is 0 Å². The van der Waals surface area contributed by atoms with Crippen LogP contribution in [0.15, 0.2) is 188 Å². The maximum atomic E-state index is 2.59. The summed E-state index contributed by atoms with van der Waals surface area (Å²) in [6, 6.07) is 70.3. The maximum absolute atomic E-state index is 2.59. The van der Waals surface area contributed by atoms with Crippen LogP contribution in [0, 0.1) is 0 Å². The molecule has 0 saturated heterocycles. The lowest BCUT2D eigenvalue weighted by atomic mass is 9.70. The fraction of sp³-hybridized carbons (Fsp3) is 0.0196.